The van der Waals surface area contributed by atoms with E-state index in [0.717, 1.165) is 4.57 Å². The zero-order chi connectivity index (χ0) is 11.9. The molecule has 2 heterocycles. The first-order chi connectivity index (χ1) is 7.52. The van der Waals surface area contributed by atoms with Crippen molar-refractivity contribution in [1.29, 1.82) is 0 Å². The van der Waals surface area contributed by atoms with E-state index < -0.39 is 11.2 Å². The smallest absolute Gasteiger partial charge is 0.329 e. The zero-order valence-electron chi connectivity index (χ0n) is 9.03. The average molecular weight is 224 g/mol. The fourth-order valence-electron chi connectivity index (χ4n) is 1.71. The summed E-state index contributed by atoms with van der Waals surface area (Å²) >= 11 is 0. The minimum absolute atomic E-state index is 0.209. The summed E-state index contributed by atoms with van der Waals surface area (Å²) in [7, 11) is 1.37. The second-order valence-corrected chi connectivity index (χ2v) is 3.62. The van der Waals surface area contributed by atoms with Crippen LogP contribution in [0.3, 0.4) is 0 Å². The first kappa shape index (κ1) is 10.5. The molecule has 16 heavy (non-hydrogen) atoms. The predicted molar refractivity (Wildman–Crippen MR) is 58.8 cm³/mol. The maximum atomic E-state index is 11.9. The maximum absolute atomic E-state index is 11.9. The van der Waals surface area contributed by atoms with Crippen LogP contribution in [-0.4, -0.2) is 28.5 Å². The van der Waals surface area contributed by atoms with Crippen molar-refractivity contribution >= 4 is 17.4 Å². The average Bonchev–Trinajstić information content (AvgIpc) is 2.25. The van der Waals surface area contributed by atoms with Crippen LogP contribution in [0.15, 0.2) is 9.59 Å². The Morgan fingerprint density at radius 3 is 2.69 bits per heavy atom. The summed E-state index contributed by atoms with van der Waals surface area (Å²) < 4.78 is 0.946. The summed E-state index contributed by atoms with van der Waals surface area (Å²) in [6.07, 6.45) is 0. The number of carbonyl (C=O) groups excluding carboxylic acids is 1. The van der Waals surface area contributed by atoms with E-state index in [9.17, 15) is 14.4 Å². The maximum Gasteiger partial charge on any atom is 0.329 e. The summed E-state index contributed by atoms with van der Waals surface area (Å²) in [5.41, 5.74) is -0.761. The number of hydrogen-bond donors (Lipinski definition) is 2. The number of hydrogen-bond acceptors (Lipinski definition) is 4. The second-order valence-electron chi connectivity index (χ2n) is 3.62. The van der Waals surface area contributed by atoms with E-state index in [1.807, 2.05) is 0 Å². The quantitative estimate of drug-likeness (QED) is 0.582. The van der Waals surface area contributed by atoms with Crippen LogP contribution < -0.4 is 21.5 Å². The number of amides is 1. The molecule has 7 nitrogen and oxygen atoms in total. The molecular weight excluding hydrogens is 212 g/mol. The van der Waals surface area contributed by atoms with Crippen molar-refractivity contribution in [3.05, 3.63) is 20.8 Å². The van der Waals surface area contributed by atoms with Crippen LogP contribution >= 0.6 is 0 Å². The monoisotopic (exact) mass is 224 g/mol. The Kier molecular flexibility index (Phi) is 2.30. The Morgan fingerprint density at radius 2 is 2.06 bits per heavy atom. The molecule has 0 aliphatic carbocycles. The molecule has 0 radical (unpaired) electrons. The summed E-state index contributed by atoms with van der Waals surface area (Å²) in [5.74, 6) is 0.0986. The molecule has 2 rings (SSSR count). The largest absolute Gasteiger partial charge is 0.368 e. The Balaban J connectivity index is 2.73. The van der Waals surface area contributed by atoms with E-state index in [1.165, 1.54) is 18.9 Å². The van der Waals surface area contributed by atoms with Gasteiger partial charge >= 0.3 is 5.69 Å². The Morgan fingerprint density at radius 1 is 1.38 bits per heavy atom. The van der Waals surface area contributed by atoms with Crippen LogP contribution in [-0.2, 0) is 11.8 Å². The van der Waals surface area contributed by atoms with Gasteiger partial charge in [0, 0.05) is 27.1 Å². The van der Waals surface area contributed by atoms with Crippen LogP contribution in [0, 0.1) is 0 Å². The number of nitrogens with one attached hydrogen (secondary N) is 2. The van der Waals surface area contributed by atoms with Gasteiger partial charge in [0.15, 0.2) is 5.69 Å². The normalized spacial score (nSPS) is 14.2. The third kappa shape index (κ3) is 1.40. The molecule has 0 saturated carbocycles. The third-order valence-corrected chi connectivity index (χ3v) is 2.57. The Hall–Kier alpha value is -2.05. The van der Waals surface area contributed by atoms with Crippen LogP contribution in [0.5, 0.6) is 0 Å². The van der Waals surface area contributed by atoms with Gasteiger partial charge in [0.25, 0.3) is 5.56 Å². The lowest BCUT2D eigenvalue weighted by molar-refractivity contribution is -0.116. The first-order valence-corrected chi connectivity index (χ1v) is 4.87. The van der Waals surface area contributed by atoms with Gasteiger partial charge in [0.2, 0.25) is 5.91 Å². The van der Waals surface area contributed by atoms with Crippen molar-refractivity contribution in [2.45, 2.75) is 6.92 Å². The predicted octanol–water partition coefficient (Wildman–Crippen LogP) is -1.15. The van der Waals surface area contributed by atoms with E-state index in [-0.39, 0.29) is 11.6 Å². The van der Waals surface area contributed by atoms with Crippen molar-refractivity contribution in [1.82, 2.24) is 9.55 Å². The van der Waals surface area contributed by atoms with Gasteiger partial charge in [-0.2, -0.15) is 0 Å². The van der Waals surface area contributed by atoms with Gasteiger partial charge in [-0.05, 0) is 0 Å². The minimum Gasteiger partial charge on any atom is -0.368 e. The van der Waals surface area contributed by atoms with Gasteiger partial charge in [0.05, 0.1) is 0 Å². The fourth-order valence-corrected chi connectivity index (χ4v) is 1.71. The van der Waals surface area contributed by atoms with E-state index in [4.69, 9.17) is 0 Å². The summed E-state index contributed by atoms with van der Waals surface area (Å²) in [6.45, 7) is 2.32. The van der Waals surface area contributed by atoms with Crippen molar-refractivity contribution in [2.75, 3.05) is 23.3 Å². The molecule has 7 heteroatoms. The van der Waals surface area contributed by atoms with Crippen molar-refractivity contribution < 1.29 is 4.79 Å². The minimum atomic E-state index is -0.498. The fraction of sp³-hybridized carbons (Fsp3) is 0.444. The van der Waals surface area contributed by atoms with Crippen molar-refractivity contribution in [2.24, 2.45) is 7.05 Å². The number of aromatic nitrogens is 2. The lowest BCUT2D eigenvalue weighted by atomic mass is 10.3. The Bertz CT molecular complexity index is 557. The number of carbonyl (C=O) groups is 1. The molecule has 0 atom stereocenters. The van der Waals surface area contributed by atoms with Crippen molar-refractivity contribution in [3.8, 4) is 0 Å². The summed E-state index contributed by atoms with van der Waals surface area (Å²) in [6, 6.07) is 0. The van der Waals surface area contributed by atoms with Gasteiger partial charge in [-0.3, -0.25) is 19.1 Å². The standard InChI is InChI=1S/C9H12N4O3/c1-5(14)13-4-3-10-7-6(13)8(15)12(2)9(16)11-7/h10H,3-4H2,1-2H3,(H,11,16). The van der Waals surface area contributed by atoms with Gasteiger partial charge < -0.3 is 10.2 Å². The highest BCUT2D eigenvalue weighted by molar-refractivity contribution is 5.95. The summed E-state index contributed by atoms with van der Waals surface area (Å²) in [4.78, 5) is 38.5. The first-order valence-electron chi connectivity index (χ1n) is 4.87. The van der Waals surface area contributed by atoms with Crippen LogP contribution in [0.25, 0.3) is 0 Å². The Labute approximate surface area is 90.7 Å². The molecule has 1 aliphatic rings. The molecule has 2 N–H and O–H groups in total. The van der Waals surface area contributed by atoms with Crippen LogP contribution in [0.2, 0.25) is 0 Å². The molecule has 1 aliphatic heterocycles. The molecule has 86 valence electrons. The van der Waals surface area contributed by atoms with E-state index in [0.29, 0.717) is 18.9 Å². The summed E-state index contributed by atoms with van der Waals surface area (Å²) in [5, 5.41) is 2.89. The van der Waals surface area contributed by atoms with Crippen molar-refractivity contribution in [3.63, 3.8) is 0 Å². The number of nitrogens with zero attached hydrogens (tertiary/aromatic N) is 2. The van der Waals surface area contributed by atoms with E-state index in [1.54, 1.807) is 0 Å². The lowest BCUT2D eigenvalue weighted by Crippen LogP contribution is -2.46. The molecule has 0 saturated heterocycles. The van der Waals surface area contributed by atoms with Crippen LogP contribution in [0.4, 0.5) is 11.5 Å². The molecule has 1 aromatic heterocycles. The molecular formula is C9H12N4O3. The topological polar surface area (TPSA) is 87.2 Å². The van der Waals surface area contributed by atoms with E-state index >= 15 is 0 Å². The van der Waals surface area contributed by atoms with Gasteiger partial charge in [-0.15, -0.1) is 0 Å². The zero-order valence-corrected chi connectivity index (χ0v) is 9.03. The number of anilines is 2. The van der Waals surface area contributed by atoms with Crippen LogP contribution in [0.1, 0.15) is 6.92 Å². The molecule has 0 unspecified atom stereocenters. The van der Waals surface area contributed by atoms with Gasteiger partial charge in [-0.1, -0.05) is 0 Å². The number of aromatic amines is 1. The highest BCUT2D eigenvalue weighted by atomic mass is 16.2. The lowest BCUT2D eigenvalue weighted by Gasteiger charge is -2.28. The second kappa shape index (κ2) is 3.51. The molecule has 0 aromatic carbocycles. The van der Waals surface area contributed by atoms with E-state index in [2.05, 4.69) is 10.3 Å². The number of rotatable bonds is 0. The molecule has 1 amide bonds. The molecule has 0 spiro atoms. The third-order valence-electron chi connectivity index (χ3n) is 2.57. The highest BCUT2D eigenvalue weighted by Crippen LogP contribution is 2.20. The highest BCUT2D eigenvalue weighted by Gasteiger charge is 2.24. The SMILES string of the molecule is CC(=O)N1CCNc2[nH]c(=O)n(C)c(=O)c21. The van der Waals surface area contributed by atoms with Gasteiger partial charge in [-0.25, -0.2) is 4.79 Å². The molecule has 0 bridgehead atoms. The number of H-pyrrole nitrogens is 1. The molecule has 1 aromatic rings. The van der Waals surface area contributed by atoms with Gasteiger partial charge in [0.1, 0.15) is 5.82 Å². The molecule has 0 fully saturated rings. The number of fused-ring (bicyclic) bond motifs is 1.